The molecule has 0 spiro atoms. The van der Waals surface area contributed by atoms with Crippen molar-refractivity contribution in [1.82, 2.24) is 4.98 Å². The van der Waals surface area contributed by atoms with E-state index in [2.05, 4.69) is 22.9 Å². The molecule has 2 rings (SSSR count). The molecule has 1 aromatic rings. The van der Waals surface area contributed by atoms with Gasteiger partial charge in [-0.3, -0.25) is 4.98 Å². The van der Waals surface area contributed by atoms with Gasteiger partial charge in [0.05, 0.1) is 6.10 Å². The molecule has 1 fully saturated rings. The predicted octanol–water partition coefficient (Wildman–Crippen LogP) is 1.85. The fourth-order valence-electron chi connectivity index (χ4n) is 2.70. The average molecular weight is 249 g/mol. The molecule has 0 saturated carbocycles. The molecule has 0 aromatic carbocycles. The molecule has 2 unspecified atom stereocenters. The van der Waals surface area contributed by atoms with Gasteiger partial charge in [-0.25, -0.2) is 0 Å². The second-order valence-electron chi connectivity index (χ2n) is 5.08. The van der Waals surface area contributed by atoms with E-state index in [1.807, 2.05) is 13.1 Å². The first-order valence-electron chi connectivity index (χ1n) is 6.60. The Morgan fingerprint density at radius 3 is 2.94 bits per heavy atom. The molecule has 0 radical (unpaired) electrons. The van der Waals surface area contributed by atoms with Crippen molar-refractivity contribution in [3.05, 3.63) is 23.5 Å². The maximum absolute atomic E-state index is 5.81. The zero-order chi connectivity index (χ0) is 13.1. The van der Waals surface area contributed by atoms with Gasteiger partial charge in [-0.15, -0.1) is 0 Å². The number of pyridine rings is 1. The Labute approximate surface area is 109 Å². The Morgan fingerprint density at radius 2 is 2.33 bits per heavy atom. The molecule has 0 bridgehead atoms. The SMILES string of the molecule is COC1CCN(c2cc(C)ncc2CN)C(C)C1. The third kappa shape index (κ3) is 2.65. The van der Waals surface area contributed by atoms with E-state index in [0.717, 1.165) is 30.6 Å². The normalized spacial score (nSPS) is 24.3. The number of hydrogen-bond acceptors (Lipinski definition) is 4. The van der Waals surface area contributed by atoms with Gasteiger partial charge in [0, 0.05) is 49.4 Å². The molecule has 0 amide bonds. The van der Waals surface area contributed by atoms with Crippen molar-refractivity contribution in [2.24, 2.45) is 5.73 Å². The molecular formula is C14H23N3O. The van der Waals surface area contributed by atoms with Gasteiger partial charge >= 0.3 is 0 Å². The van der Waals surface area contributed by atoms with Crippen molar-refractivity contribution in [1.29, 1.82) is 0 Å². The first-order chi connectivity index (χ1) is 8.65. The lowest BCUT2D eigenvalue weighted by atomic mass is 9.99. The van der Waals surface area contributed by atoms with Crippen LogP contribution in [0.15, 0.2) is 12.3 Å². The van der Waals surface area contributed by atoms with Gasteiger partial charge < -0.3 is 15.4 Å². The topological polar surface area (TPSA) is 51.4 Å². The molecule has 1 aliphatic heterocycles. The molecule has 2 N–H and O–H groups in total. The summed E-state index contributed by atoms with van der Waals surface area (Å²) in [6, 6.07) is 2.63. The van der Waals surface area contributed by atoms with Crippen molar-refractivity contribution in [3.63, 3.8) is 0 Å². The molecular weight excluding hydrogens is 226 g/mol. The monoisotopic (exact) mass is 249 g/mol. The molecule has 2 atom stereocenters. The molecule has 4 heteroatoms. The highest BCUT2D eigenvalue weighted by molar-refractivity contribution is 5.54. The van der Waals surface area contributed by atoms with E-state index in [1.54, 1.807) is 7.11 Å². The number of methoxy groups -OCH3 is 1. The third-order valence-corrected chi connectivity index (χ3v) is 3.79. The summed E-state index contributed by atoms with van der Waals surface area (Å²) in [5.41, 5.74) is 9.23. The smallest absolute Gasteiger partial charge is 0.0607 e. The minimum Gasteiger partial charge on any atom is -0.381 e. The van der Waals surface area contributed by atoms with Gasteiger partial charge in [-0.1, -0.05) is 0 Å². The predicted molar refractivity (Wildman–Crippen MR) is 73.7 cm³/mol. The van der Waals surface area contributed by atoms with Crippen LogP contribution in [0, 0.1) is 6.92 Å². The number of nitrogens with two attached hydrogens (primary N) is 1. The fourth-order valence-corrected chi connectivity index (χ4v) is 2.70. The zero-order valence-electron chi connectivity index (χ0n) is 11.5. The number of aromatic nitrogens is 1. The maximum Gasteiger partial charge on any atom is 0.0607 e. The van der Waals surface area contributed by atoms with Gasteiger partial charge in [0.15, 0.2) is 0 Å². The summed E-state index contributed by atoms with van der Waals surface area (Å²) < 4.78 is 5.46. The Hall–Kier alpha value is -1.13. The van der Waals surface area contributed by atoms with E-state index >= 15 is 0 Å². The van der Waals surface area contributed by atoms with Gasteiger partial charge in [0.2, 0.25) is 0 Å². The van der Waals surface area contributed by atoms with Crippen LogP contribution in [-0.2, 0) is 11.3 Å². The molecule has 18 heavy (non-hydrogen) atoms. The Kier molecular flexibility index (Phi) is 4.19. The van der Waals surface area contributed by atoms with Gasteiger partial charge in [0.1, 0.15) is 0 Å². The van der Waals surface area contributed by atoms with Crippen molar-refractivity contribution in [3.8, 4) is 0 Å². The summed E-state index contributed by atoms with van der Waals surface area (Å²) >= 11 is 0. The minimum absolute atomic E-state index is 0.389. The Morgan fingerprint density at radius 1 is 1.56 bits per heavy atom. The van der Waals surface area contributed by atoms with E-state index in [0.29, 0.717) is 18.7 Å². The maximum atomic E-state index is 5.81. The van der Waals surface area contributed by atoms with Crippen molar-refractivity contribution in [2.75, 3.05) is 18.6 Å². The standard InChI is InChI=1S/C14H23N3O/c1-10-6-14(12(8-15)9-16-10)17-5-4-13(18-3)7-11(17)2/h6,9,11,13H,4-5,7-8,15H2,1-3H3. The van der Waals surface area contributed by atoms with Crippen molar-refractivity contribution >= 4 is 5.69 Å². The largest absolute Gasteiger partial charge is 0.381 e. The number of nitrogens with zero attached hydrogens (tertiary/aromatic N) is 2. The van der Waals surface area contributed by atoms with E-state index in [9.17, 15) is 0 Å². The summed E-state index contributed by atoms with van der Waals surface area (Å²) in [6.07, 6.45) is 4.44. The van der Waals surface area contributed by atoms with E-state index in [-0.39, 0.29) is 0 Å². The Balaban J connectivity index is 2.23. The lowest BCUT2D eigenvalue weighted by Crippen LogP contribution is -2.43. The van der Waals surface area contributed by atoms with Crippen molar-refractivity contribution in [2.45, 2.75) is 45.4 Å². The first-order valence-corrected chi connectivity index (χ1v) is 6.60. The van der Waals surface area contributed by atoms with Crippen molar-refractivity contribution < 1.29 is 4.74 Å². The second kappa shape index (κ2) is 5.67. The summed E-state index contributed by atoms with van der Waals surface area (Å²) in [5, 5.41) is 0. The van der Waals surface area contributed by atoms with Crippen LogP contribution in [-0.4, -0.2) is 30.8 Å². The highest BCUT2D eigenvalue weighted by atomic mass is 16.5. The average Bonchev–Trinajstić information content (AvgIpc) is 2.38. The molecule has 100 valence electrons. The molecule has 1 aliphatic rings. The summed E-state index contributed by atoms with van der Waals surface area (Å²) in [7, 11) is 1.80. The lowest BCUT2D eigenvalue weighted by Gasteiger charge is -2.39. The Bertz CT molecular complexity index is 408. The van der Waals surface area contributed by atoms with E-state index in [1.165, 1.54) is 5.69 Å². The molecule has 2 heterocycles. The highest BCUT2D eigenvalue weighted by Gasteiger charge is 2.26. The van der Waals surface area contributed by atoms with Crippen LogP contribution < -0.4 is 10.6 Å². The summed E-state index contributed by atoms with van der Waals surface area (Å²) in [5.74, 6) is 0. The lowest BCUT2D eigenvalue weighted by molar-refractivity contribution is 0.0721. The van der Waals surface area contributed by atoms with Crippen LogP contribution in [0.4, 0.5) is 5.69 Å². The molecule has 4 nitrogen and oxygen atoms in total. The van der Waals surface area contributed by atoms with Crippen LogP contribution in [0.1, 0.15) is 31.0 Å². The number of anilines is 1. The molecule has 1 aromatic heterocycles. The van der Waals surface area contributed by atoms with E-state index in [4.69, 9.17) is 10.5 Å². The van der Waals surface area contributed by atoms with Crippen LogP contribution >= 0.6 is 0 Å². The quantitative estimate of drug-likeness (QED) is 0.888. The van der Waals surface area contributed by atoms with Crippen LogP contribution in [0.3, 0.4) is 0 Å². The zero-order valence-corrected chi connectivity index (χ0v) is 11.5. The number of rotatable bonds is 3. The second-order valence-corrected chi connectivity index (χ2v) is 5.08. The summed E-state index contributed by atoms with van der Waals surface area (Å²) in [4.78, 5) is 6.77. The number of hydrogen-bond donors (Lipinski definition) is 1. The van der Waals surface area contributed by atoms with E-state index < -0.39 is 0 Å². The van der Waals surface area contributed by atoms with Gasteiger partial charge in [-0.2, -0.15) is 0 Å². The summed E-state index contributed by atoms with van der Waals surface area (Å²) in [6.45, 7) is 5.84. The molecule has 1 saturated heterocycles. The number of aryl methyl sites for hydroxylation is 1. The van der Waals surface area contributed by atoms with Gasteiger partial charge in [0.25, 0.3) is 0 Å². The first kappa shape index (κ1) is 13.3. The minimum atomic E-state index is 0.389. The van der Waals surface area contributed by atoms with Crippen LogP contribution in [0.2, 0.25) is 0 Å². The highest BCUT2D eigenvalue weighted by Crippen LogP contribution is 2.28. The fraction of sp³-hybridized carbons (Fsp3) is 0.643. The van der Waals surface area contributed by atoms with Crippen LogP contribution in [0.5, 0.6) is 0 Å². The molecule has 0 aliphatic carbocycles. The number of piperidine rings is 1. The van der Waals surface area contributed by atoms with Crippen LogP contribution in [0.25, 0.3) is 0 Å². The number of ether oxygens (including phenoxy) is 1. The van der Waals surface area contributed by atoms with Gasteiger partial charge in [-0.05, 0) is 32.8 Å². The third-order valence-electron chi connectivity index (χ3n) is 3.79.